The molecule has 1 aliphatic carbocycles. The highest BCUT2D eigenvalue weighted by atomic mass is 16.7. The number of hydrogen-bond donors (Lipinski definition) is 1. The van der Waals surface area contributed by atoms with Crippen molar-refractivity contribution in [2.45, 2.75) is 31.3 Å². The van der Waals surface area contributed by atoms with Gasteiger partial charge in [-0.3, -0.25) is 0 Å². The van der Waals surface area contributed by atoms with Gasteiger partial charge in [-0.15, -0.1) is 0 Å². The van der Waals surface area contributed by atoms with Crippen LogP contribution in [0.3, 0.4) is 0 Å². The predicted molar refractivity (Wildman–Crippen MR) is 62.1 cm³/mol. The van der Waals surface area contributed by atoms with Gasteiger partial charge >= 0.3 is 5.97 Å². The Morgan fingerprint density at radius 2 is 2.00 bits per heavy atom. The van der Waals surface area contributed by atoms with E-state index in [0.29, 0.717) is 6.42 Å². The van der Waals surface area contributed by atoms with E-state index in [1.165, 1.54) is 18.4 Å². The Bertz CT molecular complexity index is 474. The van der Waals surface area contributed by atoms with Crippen molar-refractivity contribution >= 4 is 11.7 Å². The molecule has 4 nitrogen and oxygen atoms in total. The van der Waals surface area contributed by atoms with Crippen molar-refractivity contribution in [3.63, 3.8) is 0 Å². The summed E-state index contributed by atoms with van der Waals surface area (Å²) in [4.78, 5) is 15.6. The van der Waals surface area contributed by atoms with Crippen LogP contribution in [0.2, 0.25) is 0 Å². The smallest absolute Gasteiger partial charge is 0.348 e. The zero-order chi connectivity index (χ0) is 11.8. The van der Waals surface area contributed by atoms with Crippen LogP contribution in [-0.2, 0) is 9.63 Å². The molecule has 1 saturated carbocycles. The topological polar surface area (TPSA) is 58.9 Å². The lowest BCUT2D eigenvalue weighted by Gasteiger charge is -2.02. The summed E-state index contributed by atoms with van der Waals surface area (Å²) in [6.45, 7) is 0. The Kier molecular flexibility index (Phi) is 2.35. The van der Waals surface area contributed by atoms with Crippen molar-refractivity contribution in [3.8, 4) is 0 Å². The van der Waals surface area contributed by atoms with Gasteiger partial charge in [0.25, 0.3) is 0 Å². The van der Waals surface area contributed by atoms with Gasteiger partial charge in [-0.1, -0.05) is 29.4 Å². The van der Waals surface area contributed by atoms with E-state index in [4.69, 9.17) is 9.94 Å². The molecule has 0 amide bonds. The molecule has 88 valence electrons. The Balaban J connectivity index is 1.74. The fourth-order valence-corrected chi connectivity index (χ4v) is 2.04. The second-order valence-corrected chi connectivity index (χ2v) is 4.57. The van der Waals surface area contributed by atoms with Crippen LogP contribution < -0.4 is 0 Å². The minimum absolute atomic E-state index is 0.345. The fraction of sp³-hybridized carbons (Fsp3) is 0.385. The Labute approximate surface area is 98.9 Å². The van der Waals surface area contributed by atoms with Gasteiger partial charge in [0.2, 0.25) is 6.10 Å². The largest absolute Gasteiger partial charge is 0.478 e. The highest BCUT2D eigenvalue weighted by Crippen LogP contribution is 2.40. The molecule has 0 radical (unpaired) electrons. The first-order valence-corrected chi connectivity index (χ1v) is 5.80. The van der Waals surface area contributed by atoms with Crippen molar-refractivity contribution in [1.82, 2.24) is 0 Å². The zero-order valence-corrected chi connectivity index (χ0v) is 9.30. The van der Waals surface area contributed by atoms with Crippen LogP contribution in [0.25, 0.3) is 0 Å². The van der Waals surface area contributed by atoms with E-state index in [-0.39, 0.29) is 0 Å². The molecule has 0 aromatic heterocycles. The molecule has 0 spiro atoms. The van der Waals surface area contributed by atoms with Gasteiger partial charge in [-0.2, -0.15) is 0 Å². The molecule has 0 saturated heterocycles. The van der Waals surface area contributed by atoms with Crippen molar-refractivity contribution in [3.05, 3.63) is 35.4 Å². The summed E-state index contributed by atoms with van der Waals surface area (Å²) >= 11 is 0. The molecule has 1 unspecified atom stereocenters. The second kappa shape index (κ2) is 3.87. The average Bonchev–Trinajstić information content (AvgIpc) is 3.06. The molecule has 1 N–H and O–H groups in total. The molecule has 17 heavy (non-hydrogen) atoms. The lowest BCUT2D eigenvalue weighted by molar-refractivity contribution is -0.148. The van der Waals surface area contributed by atoms with E-state index in [2.05, 4.69) is 17.3 Å². The maximum atomic E-state index is 10.7. The molecular weight excluding hydrogens is 218 g/mol. The van der Waals surface area contributed by atoms with Crippen LogP contribution in [0.5, 0.6) is 0 Å². The molecule has 1 heterocycles. The van der Waals surface area contributed by atoms with Crippen LogP contribution in [0, 0.1) is 0 Å². The van der Waals surface area contributed by atoms with Gasteiger partial charge in [-0.05, 0) is 29.9 Å². The lowest BCUT2D eigenvalue weighted by Crippen LogP contribution is -2.19. The zero-order valence-electron chi connectivity index (χ0n) is 9.30. The minimum Gasteiger partial charge on any atom is -0.478 e. The highest BCUT2D eigenvalue weighted by Gasteiger charge is 2.29. The first kappa shape index (κ1) is 10.3. The van der Waals surface area contributed by atoms with Crippen LogP contribution in [0.15, 0.2) is 29.4 Å². The van der Waals surface area contributed by atoms with E-state index >= 15 is 0 Å². The first-order chi connectivity index (χ1) is 8.24. The summed E-state index contributed by atoms with van der Waals surface area (Å²) in [5, 5.41) is 12.6. The van der Waals surface area contributed by atoms with Gasteiger partial charge in [0, 0.05) is 6.42 Å². The second-order valence-electron chi connectivity index (χ2n) is 4.57. The number of benzene rings is 1. The third kappa shape index (κ3) is 2.02. The first-order valence-electron chi connectivity index (χ1n) is 5.80. The van der Waals surface area contributed by atoms with Crippen LogP contribution in [0.4, 0.5) is 0 Å². The number of rotatable bonds is 3. The van der Waals surface area contributed by atoms with E-state index in [1.807, 2.05) is 12.1 Å². The third-order valence-corrected chi connectivity index (χ3v) is 3.24. The van der Waals surface area contributed by atoms with Crippen LogP contribution in [-0.4, -0.2) is 22.9 Å². The standard InChI is InChI=1S/C13H13NO3/c15-13(16)12-7-11(14-17-12)10-5-3-9(4-6-10)8-1-2-8/h3-6,8,12H,1-2,7H2,(H,15,16). The van der Waals surface area contributed by atoms with E-state index in [9.17, 15) is 4.79 Å². The number of aliphatic carboxylic acids is 1. The lowest BCUT2D eigenvalue weighted by atomic mass is 10.0. The molecule has 1 aromatic carbocycles. The Morgan fingerprint density at radius 1 is 1.29 bits per heavy atom. The molecule has 1 fully saturated rings. The number of carbonyl (C=O) groups is 1. The molecule has 1 aliphatic heterocycles. The van der Waals surface area contributed by atoms with Gasteiger partial charge in [0.05, 0.1) is 5.71 Å². The molecular formula is C13H13NO3. The van der Waals surface area contributed by atoms with Crippen molar-refractivity contribution in [1.29, 1.82) is 0 Å². The highest BCUT2D eigenvalue weighted by molar-refractivity contribution is 6.03. The maximum Gasteiger partial charge on any atom is 0.348 e. The molecule has 1 aromatic rings. The normalized spacial score (nSPS) is 23.1. The van der Waals surface area contributed by atoms with Gasteiger partial charge in [0.1, 0.15) is 0 Å². The number of carboxylic acid groups (broad SMARTS) is 1. The van der Waals surface area contributed by atoms with E-state index in [1.54, 1.807) is 0 Å². The maximum absolute atomic E-state index is 10.7. The Morgan fingerprint density at radius 3 is 2.53 bits per heavy atom. The molecule has 0 bridgehead atoms. The quantitative estimate of drug-likeness (QED) is 0.867. The number of carboxylic acids is 1. The van der Waals surface area contributed by atoms with Crippen LogP contribution in [0.1, 0.15) is 36.3 Å². The molecule has 3 rings (SSSR count). The van der Waals surface area contributed by atoms with E-state index < -0.39 is 12.1 Å². The Hall–Kier alpha value is -1.84. The summed E-state index contributed by atoms with van der Waals surface area (Å²) in [6, 6.07) is 8.20. The third-order valence-electron chi connectivity index (χ3n) is 3.24. The van der Waals surface area contributed by atoms with Gasteiger partial charge in [0.15, 0.2) is 0 Å². The summed E-state index contributed by atoms with van der Waals surface area (Å²) in [5.41, 5.74) is 3.04. The number of nitrogens with zero attached hydrogens (tertiary/aromatic N) is 1. The van der Waals surface area contributed by atoms with E-state index in [0.717, 1.165) is 17.2 Å². The van der Waals surface area contributed by atoms with Gasteiger partial charge in [-0.25, -0.2) is 4.79 Å². The van der Waals surface area contributed by atoms with Gasteiger partial charge < -0.3 is 9.94 Å². The monoisotopic (exact) mass is 231 g/mol. The van der Waals surface area contributed by atoms with Crippen molar-refractivity contribution in [2.24, 2.45) is 5.16 Å². The summed E-state index contributed by atoms with van der Waals surface area (Å²) in [6.07, 6.45) is 2.08. The fourth-order valence-electron chi connectivity index (χ4n) is 2.04. The van der Waals surface area contributed by atoms with Crippen LogP contribution >= 0.6 is 0 Å². The molecule has 2 aliphatic rings. The van der Waals surface area contributed by atoms with Crippen molar-refractivity contribution < 1.29 is 14.7 Å². The minimum atomic E-state index is -0.960. The predicted octanol–water partition coefficient (Wildman–Crippen LogP) is 2.14. The molecule has 4 heteroatoms. The summed E-state index contributed by atoms with van der Waals surface area (Å²) < 4.78 is 0. The average molecular weight is 231 g/mol. The number of oxime groups is 1. The molecule has 1 atom stereocenters. The summed E-state index contributed by atoms with van der Waals surface area (Å²) in [5.74, 6) is -0.226. The van der Waals surface area contributed by atoms with Crippen molar-refractivity contribution in [2.75, 3.05) is 0 Å². The summed E-state index contributed by atoms with van der Waals surface area (Å²) in [7, 11) is 0. The SMILES string of the molecule is O=C(O)C1CC(c2ccc(C3CC3)cc2)=NO1. The number of hydrogen-bond acceptors (Lipinski definition) is 3.